The molecule has 1 aromatic carbocycles. The molecule has 1 N–H and O–H groups in total. The van der Waals surface area contributed by atoms with Gasteiger partial charge >= 0.3 is 0 Å². The monoisotopic (exact) mass is 394 g/mol. The Morgan fingerprint density at radius 3 is 2.79 bits per heavy atom. The Labute approximate surface area is 167 Å². The first-order valence-corrected chi connectivity index (χ1v) is 9.57. The highest BCUT2D eigenvalue weighted by Crippen LogP contribution is 2.36. The fourth-order valence-corrected chi connectivity index (χ4v) is 3.74. The van der Waals surface area contributed by atoms with E-state index in [2.05, 4.69) is 4.98 Å². The highest BCUT2D eigenvalue weighted by atomic mass is 16.5. The van der Waals surface area contributed by atoms with Crippen LogP contribution in [0.15, 0.2) is 51.8 Å². The molecule has 4 rings (SSSR count). The highest BCUT2D eigenvalue weighted by molar-refractivity contribution is 5.85. The molecule has 0 radical (unpaired) electrons. The molecule has 29 heavy (non-hydrogen) atoms. The van der Waals surface area contributed by atoms with Gasteiger partial charge in [-0.05, 0) is 24.6 Å². The predicted molar refractivity (Wildman–Crippen MR) is 107 cm³/mol. The van der Waals surface area contributed by atoms with Gasteiger partial charge in [0.15, 0.2) is 5.76 Å². The summed E-state index contributed by atoms with van der Waals surface area (Å²) in [6, 6.07) is 10.6. The van der Waals surface area contributed by atoms with Crippen LogP contribution in [0.1, 0.15) is 29.4 Å². The molecule has 1 saturated heterocycles. The van der Waals surface area contributed by atoms with Gasteiger partial charge in [0.1, 0.15) is 5.76 Å². The van der Waals surface area contributed by atoms with E-state index in [1.807, 2.05) is 24.3 Å². The summed E-state index contributed by atoms with van der Waals surface area (Å²) < 4.78 is 11.1. The third-order valence-corrected chi connectivity index (χ3v) is 5.19. The first-order valence-electron chi connectivity index (χ1n) is 9.57. The van der Waals surface area contributed by atoms with Gasteiger partial charge in [-0.2, -0.15) is 0 Å². The van der Waals surface area contributed by atoms with Gasteiger partial charge in [-0.25, -0.2) is 0 Å². The Kier molecular flexibility index (Phi) is 5.31. The first-order chi connectivity index (χ1) is 14.0. The molecule has 0 spiro atoms. The second kappa shape index (κ2) is 8.05. The average molecular weight is 394 g/mol. The van der Waals surface area contributed by atoms with Gasteiger partial charge in [-0.15, -0.1) is 0 Å². The number of nitrogens with zero attached hydrogens (tertiary/aromatic N) is 2. The number of morpholine rings is 1. The third-order valence-electron chi connectivity index (χ3n) is 5.19. The zero-order chi connectivity index (χ0) is 20.4. The first kappa shape index (κ1) is 19.1. The van der Waals surface area contributed by atoms with Crippen LogP contribution >= 0.6 is 0 Å². The lowest BCUT2D eigenvalue weighted by atomic mass is 9.89. The number of hydrogen-bond donors (Lipinski definition) is 1. The number of rotatable bonds is 4. The second-order valence-electron chi connectivity index (χ2n) is 7.10. The maximum Gasteiger partial charge on any atom is 0.227 e. The van der Waals surface area contributed by atoms with E-state index in [-0.39, 0.29) is 18.1 Å². The highest BCUT2D eigenvalue weighted by Gasteiger charge is 2.29. The quantitative estimate of drug-likeness (QED) is 0.731. The number of aryl methyl sites for hydroxylation is 1. The molecule has 3 aromatic rings. The Hall–Kier alpha value is -3.19. The number of fused-ring (bicyclic) bond motifs is 1. The molecule has 1 aliphatic rings. The van der Waals surface area contributed by atoms with Gasteiger partial charge < -0.3 is 19.2 Å². The van der Waals surface area contributed by atoms with E-state index in [9.17, 15) is 14.7 Å². The third kappa shape index (κ3) is 3.86. The minimum Gasteiger partial charge on any atom is -0.502 e. The van der Waals surface area contributed by atoms with Crippen LogP contribution in [-0.2, 0) is 9.53 Å². The van der Waals surface area contributed by atoms with Crippen LogP contribution in [0.25, 0.3) is 10.9 Å². The average Bonchev–Trinajstić information content (AvgIpc) is 2.75. The molecule has 150 valence electrons. The van der Waals surface area contributed by atoms with Crippen molar-refractivity contribution in [1.82, 2.24) is 9.88 Å². The summed E-state index contributed by atoms with van der Waals surface area (Å²) in [4.78, 5) is 31.4. The molecule has 0 bridgehead atoms. The smallest absolute Gasteiger partial charge is 0.227 e. The summed E-state index contributed by atoms with van der Waals surface area (Å²) in [5.41, 5.74) is 1.02. The van der Waals surface area contributed by atoms with Gasteiger partial charge in [0, 0.05) is 37.2 Å². The van der Waals surface area contributed by atoms with E-state index in [1.54, 1.807) is 24.1 Å². The van der Waals surface area contributed by atoms with Crippen molar-refractivity contribution in [2.75, 3.05) is 26.3 Å². The largest absolute Gasteiger partial charge is 0.502 e. The van der Waals surface area contributed by atoms with Crippen molar-refractivity contribution in [2.24, 2.45) is 0 Å². The van der Waals surface area contributed by atoms with Crippen molar-refractivity contribution >= 4 is 16.8 Å². The number of ether oxygens (including phenoxy) is 1. The SMILES string of the molecule is Cc1cc(=O)c(O)c([C@@H](CC(=O)N2CCOCC2)c2ccnc3ccccc23)o1. The van der Waals surface area contributed by atoms with Crippen molar-refractivity contribution in [3.63, 3.8) is 0 Å². The van der Waals surface area contributed by atoms with Crippen LogP contribution in [-0.4, -0.2) is 47.2 Å². The molecule has 0 aliphatic carbocycles. The number of aromatic nitrogens is 1. The maximum atomic E-state index is 13.0. The van der Waals surface area contributed by atoms with Crippen LogP contribution in [0.2, 0.25) is 0 Å². The van der Waals surface area contributed by atoms with Crippen LogP contribution in [0.3, 0.4) is 0 Å². The Bertz CT molecular complexity index is 1100. The lowest BCUT2D eigenvalue weighted by Gasteiger charge is -2.28. The molecular formula is C22H22N2O5. The number of aromatic hydroxyl groups is 1. The molecule has 1 atom stereocenters. The number of para-hydroxylation sites is 1. The van der Waals surface area contributed by atoms with Crippen LogP contribution in [0, 0.1) is 6.92 Å². The molecular weight excluding hydrogens is 372 g/mol. The van der Waals surface area contributed by atoms with Crippen molar-refractivity contribution < 1.29 is 19.1 Å². The summed E-state index contributed by atoms with van der Waals surface area (Å²) in [6.45, 7) is 3.69. The van der Waals surface area contributed by atoms with Crippen molar-refractivity contribution in [3.05, 3.63) is 69.9 Å². The minimum atomic E-state index is -0.620. The van der Waals surface area contributed by atoms with Crippen LogP contribution < -0.4 is 5.43 Å². The molecule has 1 aliphatic heterocycles. The number of benzene rings is 1. The zero-order valence-corrected chi connectivity index (χ0v) is 16.1. The van der Waals surface area contributed by atoms with E-state index in [0.29, 0.717) is 32.1 Å². The number of carbonyl (C=O) groups is 1. The summed E-state index contributed by atoms with van der Waals surface area (Å²) >= 11 is 0. The maximum absolute atomic E-state index is 13.0. The van der Waals surface area contributed by atoms with Crippen molar-refractivity contribution in [1.29, 1.82) is 0 Å². The normalized spacial score (nSPS) is 15.4. The molecule has 0 unspecified atom stereocenters. The molecule has 2 aromatic heterocycles. The zero-order valence-electron chi connectivity index (χ0n) is 16.1. The number of pyridine rings is 1. The van der Waals surface area contributed by atoms with Gasteiger partial charge in [0.05, 0.1) is 24.6 Å². The lowest BCUT2D eigenvalue weighted by Crippen LogP contribution is -2.41. The number of carbonyl (C=O) groups excluding carboxylic acids is 1. The van der Waals surface area contributed by atoms with Gasteiger partial charge in [0.2, 0.25) is 17.1 Å². The fraction of sp³-hybridized carbons (Fsp3) is 0.318. The summed E-state index contributed by atoms with van der Waals surface area (Å²) in [5, 5.41) is 11.3. The standard InChI is InChI=1S/C22H22N2O5/c1-14-12-19(25)21(27)22(29-14)17(13-20(26)24-8-10-28-11-9-24)15-6-7-23-18-5-3-2-4-16(15)18/h2-7,12,17,27H,8-11,13H2,1H3/t17-/m0/s1. The summed E-state index contributed by atoms with van der Waals surface area (Å²) in [5.74, 6) is -0.678. The van der Waals surface area contributed by atoms with E-state index < -0.39 is 17.1 Å². The number of amides is 1. The van der Waals surface area contributed by atoms with E-state index in [0.717, 1.165) is 16.5 Å². The Morgan fingerprint density at radius 1 is 1.24 bits per heavy atom. The van der Waals surface area contributed by atoms with Gasteiger partial charge in [-0.3, -0.25) is 14.6 Å². The Balaban J connectivity index is 1.83. The van der Waals surface area contributed by atoms with Gasteiger partial charge in [0.25, 0.3) is 0 Å². The summed E-state index contributed by atoms with van der Waals surface area (Å²) in [6.07, 6.45) is 1.72. The molecule has 7 nitrogen and oxygen atoms in total. The second-order valence-corrected chi connectivity index (χ2v) is 7.10. The lowest BCUT2D eigenvalue weighted by molar-refractivity contribution is -0.135. The minimum absolute atomic E-state index is 0.0635. The topological polar surface area (TPSA) is 92.9 Å². The summed E-state index contributed by atoms with van der Waals surface area (Å²) in [7, 11) is 0. The van der Waals surface area contributed by atoms with E-state index >= 15 is 0 Å². The molecule has 1 fully saturated rings. The van der Waals surface area contributed by atoms with Crippen LogP contribution in [0.4, 0.5) is 0 Å². The van der Waals surface area contributed by atoms with Crippen LogP contribution in [0.5, 0.6) is 5.75 Å². The van der Waals surface area contributed by atoms with E-state index in [1.165, 1.54) is 6.07 Å². The van der Waals surface area contributed by atoms with Crippen molar-refractivity contribution in [3.8, 4) is 5.75 Å². The van der Waals surface area contributed by atoms with Crippen molar-refractivity contribution in [2.45, 2.75) is 19.3 Å². The fourth-order valence-electron chi connectivity index (χ4n) is 3.74. The Morgan fingerprint density at radius 2 is 2.00 bits per heavy atom. The molecule has 3 heterocycles. The van der Waals surface area contributed by atoms with Gasteiger partial charge in [-0.1, -0.05) is 18.2 Å². The molecule has 1 amide bonds. The predicted octanol–water partition coefficient (Wildman–Crippen LogP) is 2.58. The molecule has 0 saturated carbocycles. The molecule has 7 heteroatoms. The number of hydrogen-bond acceptors (Lipinski definition) is 6. The van der Waals surface area contributed by atoms with E-state index in [4.69, 9.17) is 9.15 Å².